The van der Waals surface area contributed by atoms with Crippen LogP contribution in [0.3, 0.4) is 0 Å². The molecule has 114 valence electrons. The number of para-hydroxylation sites is 2. The maximum absolute atomic E-state index is 12.2. The zero-order valence-corrected chi connectivity index (χ0v) is 11.8. The largest absolute Gasteiger partial charge is 0.472 e. The number of nitrogens with zero attached hydrogens (tertiary/aromatic N) is 3. The summed E-state index contributed by atoms with van der Waals surface area (Å²) in [4.78, 5) is 26.6. The van der Waals surface area contributed by atoms with Crippen molar-refractivity contribution in [3.05, 3.63) is 58.5 Å². The quantitative estimate of drug-likeness (QED) is 0.641. The number of hydrogen-bond donors (Lipinski definition) is 0. The van der Waals surface area contributed by atoms with E-state index in [4.69, 9.17) is 4.42 Å². The minimum atomic E-state index is -0.377. The molecule has 0 saturated carbocycles. The van der Waals surface area contributed by atoms with Crippen LogP contribution in [-0.4, -0.2) is 41.9 Å². The van der Waals surface area contributed by atoms with Crippen LogP contribution < -0.4 is 4.90 Å². The summed E-state index contributed by atoms with van der Waals surface area (Å²) in [5.41, 5.74) is 1.22. The van der Waals surface area contributed by atoms with E-state index in [0.29, 0.717) is 37.4 Å². The molecule has 3 rings (SSSR count). The Balaban J connectivity index is 1.70. The first-order valence-corrected chi connectivity index (χ1v) is 6.96. The third-order valence-corrected chi connectivity index (χ3v) is 3.75. The molecule has 0 N–H and O–H groups in total. The summed E-state index contributed by atoms with van der Waals surface area (Å²) in [6.07, 6.45) is 2.90. The molecule has 1 aliphatic heterocycles. The topological polar surface area (TPSA) is 79.8 Å². The van der Waals surface area contributed by atoms with Gasteiger partial charge < -0.3 is 14.2 Å². The third-order valence-electron chi connectivity index (χ3n) is 3.75. The van der Waals surface area contributed by atoms with E-state index in [2.05, 4.69) is 0 Å². The maximum Gasteiger partial charge on any atom is 0.292 e. The number of carbonyl (C=O) groups excluding carboxylic acids is 1. The SMILES string of the molecule is O=C(c1ccoc1)N1CCN(c2ccccc2[N+](=O)[O-])CC1. The highest BCUT2D eigenvalue weighted by atomic mass is 16.6. The summed E-state index contributed by atoms with van der Waals surface area (Å²) in [5.74, 6) is -0.0732. The Morgan fingerprint density at radius 3 is 2.50 bits per heavy atom. The van der Waals surface area contributed by atoms with Crippen molar-refractivity contribution in [2.24, 2.45) is 0 Å². The van der Waals surface area contributed by atoms with Crippen LogP contribution in [0.25, 0.3) is 0 Å². The molecule has 0 bridgehead atoms. The van der Waals surface area contributed by atoms with E-state index in [1.165, 1.54) is 18.6 Å². The van der Waals surface area contributed by atoms with Gasteiger partial charge in [0.1, 0.15) is 12.0 Å². The molecule has 1 aromatic carbocycles. The van der Waals surface area contributed by atoms with Crippen LogP contribution in [0.2, 0.25) is 0 Å². The Morgan fingerprint density at radius 2 is 1.86 bits per heavy atom. The Labute approximate surface area is 126 Å². The van der Waals surface area contributed by atoms with E-state index in [0.717, 1.165) is 0 Å². The van der Waals surface area contributed by atoms with Gasteiger partial charge in [0.2, 0.25) is 0 Å². The van der Waals surface area contributed by atoms with Gasteiger partial charge in [0, 0.05) is 32.2 Å². The molecular formula is C15H15N3O4. The second kappa shape index (κ2) is 5.88. The van der Waals surface area contributed by atoms with Crippen molar-refractivity contribution < 1.29 is 14.1 Å². The Kier molecular flexibility index (Phi) is 3.78. The van der Waals surface area contributed by atoms with E-state index in [9.17, 15) is 14.9 Å². The molecule has 0 radical (unpaired) electrons. The molecule has 1 fully saturated rings. The summed E-state index contributed by atoms with van der Waals surface area (Å²) in [6, 6.07) is 8.31. The van der Waals surface area contributed by atoms with Gasteiger partial charge in [0.25, 0.3) is 11.6 Å². The number of benzene rings is 1. The van der Waals surface area contributed by atoms with Gasteiger partial charge in [0.15, 0.2) is 0 Å². The number of piperazine rings is 1. The summed E-state index contributed by atoms with van der Waals surface area (Å²) >= 11 is 0. The van der Waals surface area contributed by atoms with Crippen LogP contribution in [0.1, 0.15) is 10.4 Å². The van der Waals surface area contributed by atoms with Crippen LogP contribution in [0.4, 0.5) is 11.4 Å². The molecule has 2 aromatic rings. The molecule has 1 saturated heterocycles. The molecule has 1 amide bonds. The van der Waals surface area contributed by atoms with E-state index >= 15 is 0 Å². The summed E-state index contributed by atoms with van der Waals surface area (Å²) in [5, 5.41) is 11.1. The number of nitro benzene ring substituents is 1. The highest BCUT2D eigenvalue weighted by molar-refractivity contribution is 5.94. The molecule has 0 unspecified atom stereocenters. The van der Waals surface area contributed by atoms with E-state index < -0.39 is 0 Å². The lowest BCUT2D eigenvalue weighted by Gasteiger charge is -2.35. The van der Waals surface area contributed by atoms with Gasteiger partial charge in [-0.2, -0.15) is 0 Å². The summed E-state index contributed by atoms with van der Waals surface area (Å²) < 4.78 is 4.93. The van der Waals surface area contributed by atoms with Gasteiger partial charge in [-0.15, -0.1) is 0 Å². The second-order valence-electron chi connectivity index (χ2n) is 5.04. The van der Waals surface area contributed by atoms with E-state index in [-0.39, 0.29) is 16.5 Å². The lowest BCUT2D eigenvalue weighted by atomic mass is 10.2. The van der Waals surface area contributed by atoms with Gasteiger partial charge in [-0.25, -0.2) is 0 Å². The molecule has 2 heterocycles. The normalized spacial score (nSPS) is 14.9. The first-order chi connectivity index (χ1) is 10.7. The zero-order chi connectivity index (χ0) is 15.5. The zero-order valence-electron chi connectivity index (χ0n) is 11.8. The van der Waals surface area contributed by atoms with Crippen LogP contribution in [0.15, 0.2) is 47.3 Å². The first kappa shape index (κ1) is 14.1. The van der Waals surface area contributed by atoms with Crippen molar-refractivity contribution in [3.8, 4) is 0 Å². The van der Waals surface area contributed by atoms with Gasteiger partial charge in [-0.05, 0) is 12.1 Å². The lowest BCUT2D eigenvalue weighted by Crippen LogP contribution is -2.48. The number of carbonyl (C=O) groups is 1. The smallest absolute Gasteiger partial charge is 0.292 e. The third kappa shape index (κ3) is 2.65. The lowest BCUT2D eigenvalue weighted by molar-refractivity contribution is -0.384. The minimum Gasteiger partial charge on any atom is -0.472 e. The molecule has 7 heteroatoms. The fraction of sp³-hybridized carbons (Fsp3) is 0.267. The van der Waals surface area contributed by atoms with Crippen LogP contribution in [0.5, 0.6) is 0 Å². The number of nitro groups is 1. The van der Waals surface area contributed by atoms with Gasteiger partial charge >= 0.3 is 0 Å². The van der Waals surface area contributed by atoms with Gasteiger partial charge in [-0.3, -0.25) is 14.9 Å². The molecule has 22 heavy (non-hydrogen) atoms. The molecule has 0 atom stereocenters. The van der Waals surface area contributed by atoms with Crippen LogP contribution >= 0.6 is 0 Å². The predicted molar refractivity (Wildman–Crippen MR) is 79.9 cm³/mol. The Bertz CT molecular complexity index is 676. The van der Waals surface area contributed by atoms with Crippen LogP contribution in [0, 0.1) is 10.1 Å². The average Bonchev–Trinajstić information content (AvgIpc) is 3.09. The molecule has 1 aromatic heterocycles. The highest BCUT2D eigenvalue weighted by Gasteiger charge is 2.26. The van der Waals surface area contributed by atoms with Crippen molar-refractivity contribution >= 4 is 17.3 Å². The summed E-state index contributed by atoms with van der Waals surface area (Å²) in [7, 11) is 0. The molecule has 1 aliphatic rings. The van der Waals surface area contributed by atoms with E-state index in [1.54, 1.807) is 29.2 Å². The fourth-order valence-electron chi connectivity index (χ4n) is 2.61. The Morgan fingerprint density at radius 1 is 1.14 bits per heavy atom. The number of furan rings is 1. The molecule has 0 aliphatic carbocycles. The number of rotatable bonds is 3. The number of hydrogen-bond acceptors (Lipinski definition) is 5. The minimum absolute atomic E-state index is 0.0732. The van der Waals surface area contributed by atoms with Gasteiger partial charge in [-0.1, -0.05) is 12.1 Å². The van der Waals surface area contributed by atoms with Crippen LogP contribution in [-0.2, 0) is 0 Å². The molecule has 0 spiro atoms. The van der Waals surface area contributed by atoms with Crippen molar-refractivity contribution in [3.63, 3.8) is 0 Å². The molecule has 7 nitrogen and oxygen atoms in total. The average molecular weight is 301 g/mol. The maximum atomic E-state index is 12.2. The number of anilines is 1. The van der Waals surface area contributed by atoms with Gasteiger partial charge in [0.05, 0.1) is 16.7 Å². The second-order valence-corrected chi connectivity index (χ2v) is 5.04. The van der Waals surface area contributed by atoms with E-state index in [1.807, 2.05) is 4.90 Å². The van der Waals surface area contributed by atoms with Crippen molar-refractivity contribution in [2.75, 3.05) is 31.1 Å². The molecular weight excluding hydrogens is 286 g/mol. The first-order valence-electron chi connectivity index (χ1n) is 6.96. The van der Waals surface area contributed by atoms with Crippen molar-refractivity contribution in [1.82, 2.24) is 4.90 Å². The summed E-state index contributed by atoms with van der Waals surface area (Å²) in [6.45, 7) is 2.18. The number of amides is 1. The fourth-order valence-corrected chi connectivity index (χ4v) is 2.61. The highest BCUT2D eigenvalue weighted by Crippen LogP contribution is 2.28. The van der Waals surface area contributed by atoms with Crippen molar-refractivity contribution in [2.45, 2.75) is 0 Å². The predicted octanol–water partition coefficient (Wildman–Crippen LogP) is 2.15. The monoisotopic (exact) mass is 301 g/mol. The Hall–Kier alpha value is -2.83. The standard InChI is InChI=1S/C15H15N3O4/c19-15(12-5-10-22-11-12)17-8-6-16(7-9-17)13-3-1-2-4-14(13)18(20)21/h1-5,10-11H,6-9H2. The van der Waals surface area contributed by atoms with Crippen molar-refractivity contribution in [1.29, 1.82) is 0 Å².